The smallest absolute Gasteiger partial charge is 0.336 e. The van der Waals surface area contributed by atoms with Gasteiger partial charge in [-0.25, -0.2) is 4.79 Å². The quantitative estimate of drug-likeness (QED) is 0.513. The zero-order valence-corrected chi connectivity index (χ0v) is 9.97. The van der Waals surface area contributed by atoms with Crippen LogP contribution in [0.15, 0.2) is 48.5 Å². The van der Waals surface area contributed by atoms with Crippen molar-refractivity contribution in [2.24, 2.45) is 0 Å². The highest BCUT2D eigenvalue weighted by atomic mass is 16.4. The normalized spacial score (nSPS) is 11.6. The lowest BCUT2D eigenvalue weighted by Crippen LogP contribution is -1.98. The van der Waals surface area contributed by atoms with Crippen molar-refractivity contribution < 1.29 is 9.90 Å². The van der Waals surface area contributed by atoms with Crippen LogP contribution in [-0.4, -0.2) is 11.1 Å². The first kappa shape index (κ1) is 10.3. The Labute approximate surface area is 109 Å². The Balaban J connectivity index is 2.42. The largest absolute Gasteiger partial charge is 0.478 e. The number of carbonyl (C=O) groups is 1. The van der Waals surface area contributed by atoms with E-state index in [9.17, 15) is 9.90 Å². The van der Waals surface area contributed by atoms with Crippen molar-refractivity contribution in [3.8, 4) is 0 Å². The molecule has 0 aliphatic heterocycles. The van der Waals surface area contributed by atoms with E-state index in [1.165, 1.54) is 0 Å². The first-order chi connectivity index (χ1) is 9.25. The zero-order chi connectivity index (χ0) is 13.0. The molecule has 0 saturated heterocycles. The third-order valence-electron chi connectivity index (χ3n) is 3.66. The molecule has 0 aliphatic rings. The maximum Gasteiger partial charge on any atom is 0.336 e. The van der Waals surface area contributed by atoms with E-state index in [1.807, 2.05) is 24.3 Å². The van der Waals surface area contributed by atoms with Gasteiger partial charge < -0.3 is 5.11 Å². The molecule has 1 radical (unpaired) electrons. The third kappa shape index (κ3) is 1.28. The first-order valence-corrected chi connectivity index (χ1v) is 6.07. The molecule has 2 heteroatoms. The fourth-order valence-corrected chi connectivity index (χ4v) is 2.86. The average Bonchev–Trinajstić information content (AvgIpc) is 2.44. The predicted molar refractivity (Wildman–Crippen MR) is 75.9 cm³/mol. The monoisotopic (exact) mass is 245 g/mol. The van der Waals surface area contributed by atoms with Gasteiger partial charge in [-0.3, -0.25) is 0 Å². The highest BCUT2D eigenvalue weighted by Crippen LogP contribution is 2.36. The van der Waals surface area contributed by atoms with Crippen LogP contribution in [0.4, 0.5) is 0 Å². The average molecular weight is 245 g/mol. The lowest BCUT2D eigenvalue weighted by molar-refractivity contribution is 0.0699. The van der Waals surface area contributed by atoms with Gasteiger partial charge >= 0.3 is 5.97 Å². The number of hydrogen-bond donors (Lipinski definition) is 1. The molecule has 0 atom stereocenters. The van der Waals surface area contributed by atoms with E-state index >= 15 is 0 Å². The van der Waals surface area contributed by atoms with Crippen LogP contribution in [0.1, 0.15) is 10.4 Å². The molecule has 0 aliphatic carbocycles. The van der Waals surface area contributed by atoms with Crippen molar-refractivity contribution in [1.82, 2.24) is 0 Å². The first-order valence-electron chi connectivity index (χ1n) is 6.07. The standard InChI is InChI=1S/C17H9O2/c18-17(19)14-9-12-5-1-3-10-7-8-11-4-2-6-13(14)16(11)15(10)12/h1-3,5-9H,(H,18,19). The minimum Gasteiger partial charge on any atom is -0.478 e. The molecular weight excluding hydrogens is 236 g/mol. The van der Waals surface area contributed by atoms with Gasteiger partial charge in [0.2, 0.25) is 0 Å². The number of benzene rings is 4. The van der Waals surface area contributed by atoms with Crippen molar-refractivity contribution in [2.75, 3.05) is 0 Å². The molecule has 0 heterocycles. The number of carboxylic acid groups (broad SMARTS) is 1. The van der Waals surface area contributed by atoms with Crippen molar-refractivity contribution in [3.05, 3.63) is 60.2 Å². The SMILES string of the molecule is O=C(O)c1cc2cccc3ccc4[c]ccc1c4c32. The summed E-state index contributed by atoms with van der Waals surface area (Å²) in [6, 6.07) is 18.6. The molecule has 0 spiro atoms. The highest BCUT2D eigenvalue weighted by Gasteiger charge is 2.14. The predicted octanol–water partition coefficient (Wildman–Crippen LogP) is 4.08. The second-order valence-electron chi connectivity index (χ2n) is 4.69. The van der Waals surface area contributed by atoms with E-state index in [2.05, 4.69) is 18.2 Å². The summed E-state index contributed by atoms with van der Waals surface area (Å²) < 4.78 is 0. The maximum atomic E-state index is 11.4. The number of hydrogen-bond acceptors (Lipinski definition) is 1. The van der Waals surface area contributed by atoms with Crippen LogP contribution in [0.25, 0.3) is 32.3 Å². The van der Waals surface area contributed by atoms with Gasteiger partial charge in [-0.2, -0.15) is 0 Å². The second-order valence-corrected chi connectivity index (χ2v) is 4.69. The summed E-state index contributed by atoms with van der Waals surface area (Å²) in [7, 11) is 0. The molecular formula is C17H9O2. The van der Waals surface area contributed by atoms with Crippen LogP contribution < -0.4 is 0 Å². The van der Waals surface area contributed by atoms with Crippen LogP contribution in [0, 0.1) is 6.07 Å². The van der Waals surface area contributed by atoms with E-state index in [0.29, 0.717) is 5.56 Å². The topological polar surface area (TPSA) is 37.3 Å². The Morgan fingerprint density at radius 3 is 2.68 bits per heavy atom. The van der Waals surface area contributed by atoms with E-state index < -0.39 is 5.97 Å². The summed E-state index contributed by atoms with van der Waals surface area (Å²) in [6.07, 6.45) is 0. The number of aromatic carboxylic acids is 1. The number of rotatable bonds is 1. The molecule has 1 N–H and O–H groups in total. The third-order valence-corrected chi connectivity index (χ3v) is 3.66. The van der Waals surface area contributed by atoms with E-state index in [4.69, 9.17) is 0 Å². The summed E-state index contributed by atoms with van der Waals surface area (Å²) in [5, 5.41) is 15.4. The summed E-state index contributed by atoms with van der Waals surface area (Å²) >= 11 is 0. The molecule has 0 fully saturated rings. The van der Waals surface area contributed by atoms with Crippen LogP contribution in [0.3, 0.4) is 0 Å². The van der Waals surface area contributed by atoms with Crippen LogP contribution in [-0.2, 0) is 0 Å². The van der Waals surface area contributed by atoms with Gasteiger partial charge in [0.25, 0.3) is 0 Å². The number of carboxylic acids is 1. The van der Waals surface area contributed by atoms with Crippen molar-refractivity contribution in [1.29, 1.82) is 0 Å². The summed E-state index contributed by atoms with van der Waals surface area (Å²) in [4.78, 5) is 11.4. The molecule has 0 saturated carbocycles. The van der Waals surface area contributed by atoms with E-state index in [-0.39, 0.29) is 0 Å². The van der Waals surface area contributed by atoms with Gasteiger partial charge in [-0.1, -0.05) is 42.5 Å². The minimum absolute atomic E-state index is 0.352. The van der Waals surface area contributed by atoms with Crippen LogP contribution in [0.5, 0.6) is 0 Å². The summed E-state index contributed by atoms with van der Waals surface area (Å²) in [5.74, 6) is -0.890. The molecule has 89 valence electrons. The Bertz CT molecular complexity index is 938. The Hall–Kier alpha value is -2.61. The molecule has 0 aromatic heterocycles. The Morgan fingerprint density at radius 2 is 1.84 bits per heavy atom. The van der Waals surface area contributed by atoms with Crippen molar-refractivity contribution in [2.45, 2.75) is 0 Å². The fraction of sp³-hybridized carbons (Fsp3) is 0. The summed E-state index contributed by atoms with van der Waals surface area (Å²) in [6.45, 7) is 0. The van der Waals surface area contributed by atoms with Crippen LogP contribution in [0.2, 0.25) is 0 Å². The second kappa shape index (κ2) is 3.45. The van der Waals surface area contributed by atoms with E-state index in [1.54, 1.807) is 12.1 Å². The van der Waals surface area contributed by atoms with Gasteiger partial charge in [0.05, 0.1) is 5.56 Å². The molecule has 0 unspecified atom stereocenters. The van der Waals surface area contributed by atoms with Crippen molar-refractivity contribution in [3.63, 3.8) is 0 Å². The summed E-state index contributed by atoms with van der Waals surface area (Å²) in [5.41, 5.74) is 0.352. The molecule has 4 rings (SSSR count). The van der Waals surface area contributed by atoms with Crippen LogP contribution >= 0.6 is 0 Å². The molecule has 4 aromatic rings. The van der Waals surface area contributed by atoms with Crippen molar-refractivity contribution >= 4 is 38.3 Å². The van der Waals surface area contributed by atoms with Gasteiger partial charge in [-0.05, 0) is 44.5 Å². The molecule has 19 heavy (non-hydrogen) atoms. The molecule has 0 amide bonds. The zero-order valence-electron chi connectivity index (χ0n) is 9.97. The van der Waals surface area contributed by atoms with E-state index in [0.717, 1.165) is 32.3 Å². The lowest BCUT2D eigenvalue weighted by atomic mass is 9.91. The molecule has 4 aromatic carbocycles. The maximum absolute atomic E-state index is 11.4. The van der Waals surface area contributed by atoms with Gasteiger partial charge in [0, 0.05) is 0 Å². The molecule has 2 nitrogen and oxygen atoms in total. The lowest BCUT2D eigenvalue weighted by Gasteiger charge is -2.12. The Morgan fingerprint density at radius 1 is 1.00 bits per heavy atom. The molecule has 0 bridgehead atoms. The van der Waals surface area contributed by atoms with Gasteiger partial charge in [0.15, 0.2) is 0 Å². The van der Waals surface area contributed by atoms with Gasteiger partial charge in [0.1, 0.15) is 0 Å². The fourth-order valence-electron chi connectivity index (χ4n) is 2.86. The van der Waals surface area contributed by atoms with Gasteiger partial charge in [-0.15, -0.1) is 0 Å². The minimum atomic E-state index is -0.890. The Kier molecular flexibility index (Phi) is 1.88. The highest BCUT2D eigenvalue weighted by molar-refractivity contribution is 6.26.